The lowest BCUT2D eigenvalue weighted by atomic mass is 9.81. The molecule has 2 aliphatic heterocycles. The molecule has 30 nitrogen and oxygen atoms in total. The number of aliphatic hydroxyl groups excluding tert-OH is 3. The van der Waals surface area contributed by atoms with Gasteiger partial charge in [0.25, 0.3) is 0 Å². The van der Waals surface area contributed by atoms with Gasteiger partial charge in [0.2, 0.25) is 109 Å². The number of rotatable bonds is 4. The van der Waals surface area contributed by atoms with Crippen molar-refractivity contribution >= 4 is 78.9 Å². The first-order chi connectivity index (χ1) is 37.0. The number of hydrogen-bond acceptors (Lipinski definition) is 30. The van der Waals surface area contributed by atoms with E-state index < -0.39 is 265 Å². The van der Waals surface area contributed by atoms with Crippen LogP contribution in [-0.2, 0) is 0 Å². The van der Waals surface area contributed by atoms with Gasteiger partial charge in [0, 0.05) is 49.2 Å². The summed E-state index contributed by atoms with van der Waals surface area (Å²) in [7, 11) is 0.972. The van der Waals surface area contributed by atoms with Crippen LogP contribution < -0.4 is 25.0 Å². The highest BCUT2D eigenvalue weighted by Gasteiger charge is 2.44. The van der Waals surface area contributed by atoms with Gasteiger partial charge in [-0.3, -0.25) is 24.3 Å². The molecular weight excluding hydrogens is 1070 g/mol. The van der Waals surface area contributed by atoms with Gasteiger partial charge in [-0.1, -0.05) is 0 Å². The summed E-state index contributed by atoms with van der Waals surface area (Å²) in [6.45, 7) is 0.636. The minimum atomic E-state index is -2.20. The van der Waals surface area contributed by atoms with Crippen molar-refractivity contribution in [1.29, 1.82) is 0 Å². The summed E-state index contributed by atoms with van der Waals surface area (Å²) in [4.78, 5) is 35.9. The number of carbonyl (C=O) groups excluding carboxylic acids is 1. The van der Waals surface area contributed by atoms with Crippen molar-refractivity contribution < 1.29 is 151 Å². The summed E-state index contributed by atoms with van der Waals surface area (Å²) in [5, 5.41) is 263. The van der Waals surface area contributed by atoms with Crippen molar-refractivity contribution in [1.82, 2.24) is 0 Å². The Balaban J connectivity index is 1.31. The SMILES string of the molecule is Bc1c(O)c2c3c(c(O)c(O)c(O)c3c1O)OOc1c(O)c(O)c(O)c(C(=O)/C(O)=C(O)\C(=C(/C)O)c3c4c(O)c(O)c(O)c(O)c4c4c5c(c(O)c(O)c(O)c35)OOc3c(O)c(O)c5oc6c(O)c(O)c(O)c(O)c6c5c3-4)c1-2. The molecule has 2 aliphatic rings. The van der Waals surface area contributed by atoms with Crippen molar-refractivity contribution in [3.05, 3.63) is 28.4 Å². The molecular formula is C48H29BO30. The quantitative estimate of drug-likeness (QED) is 0.0134. The Bertz CT molecular complexity index is 4560. The van der Waals surface area contributed by atoms with E-state index in [2.05, 4.69) is 0 Å². The predicted molar refractivity (Wildman–Crippen MR) is 261 cm³/mol. The second-order valence-corrected chi connectivity index (χ2v) is 17.6. The number of Topliss-reactive ketones (excluding diaryl/α,β-unsaturated/α-hetero) is 1. The zero-order chi connectivity index (χ0) is 57.7. The summed E-state index contributed by atoms with van der Waals surface area (Å²) in [5.74, 6) is -44.1. The number of fused-ring (bicyclic) bond motifs is 10. The number of phenols is 21. The molecule has 0 aliphatic carbocycles. The van der Waals surface area contributed by atoms with Crippen LogP contribution in [0.15, 0.2) is 21.7 Å². The first-order valence-electron chi connectivity index (χ1n) is 21.6. The predicted octanol–water partition coefficient (Wildman–Crippen LogP) is 4.33. The van der Waals surface area contributed by atoms with Gasteiger partial charge in [-0.25, -0.2) is 0 Å². The van der Waals surface area contributed by atoms with E-state index in [1.165, 1.54) is 0 Å². The Kier molecular flexibility index (Phi) is 9.65. The Morgan fingerprint density at radius 3 is 1.24 bits per heavy atom. The number of aliphatic hydroxyl groups is 3. The number of allylic oxidation sites excluding steroid dienone is 3. The monoisotopic (exact) mass is 1100 g/mol. The van der Waals surface area contributed by atoms with Crippen molar-refractivity contribution in [2.45, 2.75) is 6.92 Å². The first kappa shape index (κ1) is 49.2. The smallest absolute Gasteiger partial charge is 0.235 e. The van der Waals surface area contributed by atoms with E-state index in [0.29, 0.717) is 6.92 Å². The lowest BCUT2D eigenvalue weighted by Crippen LogP contribution is -2.13. The Morgan fingerprint density at radius 1 is 0.316 bits per heavy atom. The lowest BCUT2D eigenvalue weighted by Gasteiger charge is -2.23. The van der Waals surface area contributed by atoms with Gasteiger partial charge in [0.15, 0.2) is 51.4 Å². The van der Waals surface area contributed by atoms with E-state index in [1.807, 2.05) is 0 Å². The maximum atomic E-state index is 15.0. The van der Waals surface area contributed by atoms with E-state index in [1.54, 1.807) is 0 Å². The van der Waals surface area contributed by atoms with Crippen LogP contribution in [0.3, 0.4) is 0 Å². The maximum absolute atomic E-state index is 15.0. The van der Waals surface area contributed by atoms with Crippen LogP contribution in [0.1, 0.15) is 22.8 Å². The number of furan rings is 1. The molecule has 404 valence electrons. The summed E-state index contributed by atoms with van der Waals surface area (Å²) in [6.07, 6.45) is 0. The van der Waals surface area contributed by atoms with Crippen LogP contribution in [-0.4, -0.2) is 136 Å². The molecule has 9 aromatic rings. The second-order valence-electron chi connectivity index (χ2n) is 17.6. The van der Waals surface area contributed by atoms with Gasteiger partial charge >= 0.3 is 0 Å². The Labute approximate surface area is 430 Å². The van der Waals surface area contributed by atoms with Crippen LogP contribution in [0.4, 0.5) is 0 Å². The van der Waals surface area contributed by atoms with Gasteiger partial charge < -0.3 is 127 Å². The number of ketones is 1. The highest BCUT2D eigenvalue weighted by molar-refractivity contribution is 6.40. The van der Waals surface area contributed by atoms with Crippen molar-refractivity contribution in [2.24, 2.45) is 0 Å². The van der Waals surface area contributed by atoms with Crippen LogP contribution >= 0.6 is 0 Å². The average Bonchev–Trinajstić information content (AvgIpc) is 2.99. The molecule has 79 heavy (non-hydrogen) atoms. The molecule has 1 aromatic heterocycles. The molecule has 11 rings (SSSR count). The van der Waals surface area contributed by atoms with Crippen molar-refractivity contribution in [3.8, 4) is 166 Å². The Morgan fingerprint density at radius 2 is 0.696 bits per heavy atom. The molecule has 31 heteroatoms. The molecule has 0 saturated carbocycles. The van der Waals surface area contributed by atoms with Gasteiger partial charge in [-0.2, -0.15) is 0 Å². The minimum Gasteiger partial charge on any atom is -0.512 e. The molecule has 0 bridgehead atoms. The number of aromatic hydroxyl groups is 21. The van der Waals surface area contributed by atoms with Crippen LogP contribution in [0.5, 0.6) is 144 Å². The zero-order valence-electron chi connectivity index (χ0n) is 38.7. The van der Waals surface area contributed by atoms with Gasteiger partial charge in [-0.15, -0.1) is 0 Å². The molecule has 0 saturated heterocycles. The average molecular weight is 1100 g/mol. The van der Waals surface area contributed by atoms with Gasteiger partial charge in [-0.05, 0) is 12.4 Å². The topological polar surface area (TPSA) is 553 Å². The second kappa shape index (κ2) is 15.5. The van der Waals surface area contributed by atoms with Crippen molar-refractivity contribution in [3.63, 3.8) is 0 Å². The summed E-state index contributed by atoms with van der Waals surface area (Å²) < 4.78 is 5.53. The molecule has 0 radical (unpaired) electrons. The molecule has 0 atom stereocenters. The number of hydrogen-bond donors (Lipinski definition) is 24. The number of phenolic OH excluding ortho intramolecular Hbond substituents is 21. The number of carbonyl (C=O) groups is 1. The highest BCUT2D eigenvalue weighted by Crippen LogP contribution is 2.68. The van der Waals surface area contributed by atoms with E-state index in [0.717, 1.165) is 7.85 Å². The van der Waals surface area contributed by atoms with Crippen molar-refractivity contribution in [2.75, 3.05) is 0 Å². The fraction of sp³-hybridized carbons (Fsp3) is 0.0208. The highest BCUT2D eigenvalue weighted by atomic mass is 17.2. The Hall–Kier alpha value is -12.0. The zero-order valence-corrected chi connectivity index (χ0v) is 38.7. The molecule has 8 aromatic carbocycles. The normalized spacial score (nSPS) is 13.2. The van der Waals surface area contributed by atoms with E-state index in [9.17, 15) is 127 Å². The number of benzene rings is 8. The van der Waals surface area contributed by atoms with E-state index in [4.69, 9.17) is 24.0 Å². The summed E-state index contributed by atoms with van der Waals surface area (Å²) >= 11 is 0. The standard InChI is InChI=1S/C48H29BO30/c1-2(50)3(21(53)29(61)26(58)16-13-9-12-15(20(52)18(49)19(9)51)25(57)34(66)39(71)47(12)78-79-48(13)40(72)35(67)27(16)59)4-6-7(23(55)31(63)30(62)22(6)54)5-10-8(4)24(56)33(65)38(70)45(10)76-77-46-11(5)14-17-28(60)32(64)36(68)37(69)44(17)75-43(14)41(73)42(46)74/h50-57,59-74H,49H2,1H3/b3-2+,29-21-. The van der Waals surface area contributed by atoms with E-state index in [-0.39, 0.29) is 0 Å². The van der Waals surface area contributed by atoms with E-state index >= 15 is 0 Å². The molecule has 0 unspecified atom stereocenters. The van der Waals surface area contributed by atoms with Crippen LogP contribution in [0.2, 0.25) is 0 Å². The third-order valence-electron chi connectivity index (χ3n) is 13.6. The van der Waals surface area contributed by atoms with Gasteiger partial charge in [0.05, 0.1) is 32.9 Å². The van der Waals surface area contributed by atoms with Gasteiger partial charge in [0.1, 0.15) is 25.1 Å². The third kappa shape index (κ3) is 5.68. The van der Waals surface area contributed by atoms with Crippen LogP contribution in [0, 0.1) is 0 Å². The minimum absolute atomic E-state index is 0.633. The molecule has 0 fully saturated rings. The fourth-order valence-corrected chi connectivity index (χ4v) is 9.93. The summed E-state index contributed by atoms with van der Waals surface area (Å²) in [5.41, 5.74) is -11.3. The molecule has 3 heterocycles. The first-order valence-corrected chi connectivity index (χ1v) is 21.6. The van der Waals surface area contributed by atoms with Crippen LogP contribution in [0.25, 0.3) is 82.1 Å². The maximum Gasteiger partial charge on any atom is 0.235 e. The largest absolute Gasteiger partial charge is 0.512 e. The summed E-state index contributed by atoms with van der Waals surface area (Å²) in [6, 6.07) is 0. The molecule has 24 N–H and O–H groups in total. The lowest BCUT2D eigenvalue weighted by molar-refractivity contribution is -0.101. The fourth-order valence-electron chi connectivity index (χ4n) is 9.93. The molecule has 0 amide bonds. The third-order valence-corrected chi connectivity index (χ3v) is 13.6. The molecule has 0 spiro atoms.